The van der Waals surface area contributed by atoms with E-state index in [1.165, 1.54) is 11.1 Å². The number of likely N-dealkylation sites (tertiary alicyclic amines) is 1. The van der Waals surface area contributed by atoms with E-state index in [9.17, 15) is 33.6 Å². The Hall–Kier alpha value is -6.73. The van der Waals surface area contributed by atoms with Gasteiger partial charge >= 0.3 is 0 Å². The number of nitrogens with zero attached hydrogens (tertiary/aromatic N) is 2. The second kappa shape index (κ2) is 25.8. The minimum atomic E-state index is -2.00. The van der Waals surface area contributed by atoms with Crippen molar-refractivity contribution in [3.8, 4) is 0 Å². The molecule has 17 nitrogen and oxygen atoms in total. The van der Waals surface area contributed by atoms with Gasteiger partial charge in [-0.25, -0.2) is 0 Å². The Morgan fingerprint density at radius 3 is 1.76 bits per heavy atom. The van der Waals surface area contributed by atoms with Crippen LogP contribution in [0.15, 0.2) is 97.1 Å². The van der Waals surface area contributed by atoms with Gasteiger partial charge in [0.25, 0.3) is 5.91 Å². The summed E-state index contributed by atoms with van der Waals surface area (Å²) in [7, 11) is 1.36. The highest BCUT2D eigenvalue weighted by Crippen LogP contribution is 2.35. The van der Waals surface area contributed by atoms with E-state index in [0.717, 1.165) is 60.8 Å². The molecule has 0 radical (unpaired) electrons. The van der Waals surface area contributed by atoms with E-state index < -0.39 is 55.8 Å². The first-order valence-corrected chi connectivity index (χ1v) is 32.0. The molecule has 2 aliphatic heterocycles. The Kier molecular flexibility index (Phi) is 19.2. The highest BCUT2D eigenvalue weighted by atomic mass is 28.3. The number of anilines is 1. The second-order valence-electron chi connectivity index (χ2n) is 24.3. The van der Waals surface area contributed by atoms with E-state index in [4.69, 9.17) is 4.74 Å². The summed E-state index contributed by atoms with van der Waals surface area (Å²) >= 11 is 0. The third-order valence-electron chi connectivity index (χ3n) is 16.5. The topological polar surface area (TPSA) is 219 Å². The van der Waals surface area contributed by atoms with Gasteiger partial charge in [-0.15, -0.1) is 0 Å². The van der Waals surface area contributed by atoms with Crippen molar-refractivity contribution < 1.29 is 38.3 Å². The summed E-state index contributed by atoms with van der Waals surface area (Å²) in [5.41, 5.74) is 6.49. The molecule has 8 rings (SSSR count). The lowest BCUT2D eigenvalue weighted by Gasteiger charge is -2.36. The Balaban J connectivity index is 0.900. The summed E-state index contributed by atoms with van der Waals surface area (Å²) in [4.78, 5) is 101. The van der Waals surface area contributed by atoms with Crippen LogP contribution in [0.4, 0.5) is 5.69 Å². The Morgan fingerprint density at radius 2 is 1.20 bits per heavy atom. The Bertz CT molecular complexity index is 2890. The van der Waals surface area contributed by atoms with Crippen LogP contribution in [0.3, 0.4) is 0 Å². The molecule has 2 saturated heterocycles. The van der Waals surface area contributed by atoms with Gasteiger partial charge in [-0.2, -0.15) is 0 Å². The number of hydrogen-bond acceptors (Lipinski definition) is 10. The number of fused-ring (bicyclic) bond motifs is 2. The zero-order valence-electron chi connectivity index (χ0n) is 48.1. The fourth-order valence-electron chi connectivity index (χ4n) is 11.7. The standard InChI is InChI=1S/C62H83N9O8Si/c1-38(63-6)55(72)68-51(60(77)71-37-80(8,9)36-53(71)59(76)67-50-23-15-19-43-17-11-13-21-48(43)50)32-40-26-30-45(31-27-40)65-57(74)44-28-24-41(25-29-44)35-79-46-33-52(58(75)66-49-22-14-18-42-16-10-12-20-47(42)49)70(34-46)61(78)54(62(3,4)5)69-56(73)39(2)64-7/h10-13,16-17,20-21,24-31,38-39,46,49-54,63-64H,14-15,18-19,22-23,32-37H2,1-9H3,(H,65,74)(H,66,75)(H,67,76)(H,68,72)(H,69,73). The molecule has 80 heavy (non-hydrogen) atoms. The predicted molar refractivity (Wildman–Crippen MR) is 312 cm³/mol. The molecule has 2 aliphatic carbocycles. The number of carbonyl (C=O) groups is 7. The first-order chi connectivity index (χ1) is 38.1. The van der Waals surface area contributed by atoms with Crippen LogP contribution in [0.2, 0.25) is 19.1 Å². The summed E-state index contributed by atoms with van der Waals surface area (Å²) < 4.78 is 6.44. The molecule has 4 aromatic rings. The van der Waals surface area contributed by atoms with Crippen molar-refractivity contribution in [2.75, 3.05) is 32.1 Å². The van der Waals surface area contributed by atoms with E-state index in [1.807, 2.05) is 69.3 Å². The van der Waals surface area contributed by atoms with E-state index >= 15 is 0 Å². The fraction of sp³-hybridized carbons (Fsp3) is 0.500. The molecule has 9 atom stereocenters. The van der Waals surface area contributed by atoms with Gasteiger partial charge in [0, 0.05) is 36.8 Å². The third kappa shape index (κ3) is 14.4. The molecular formula is C62H83N9O8Si. The molecule has 7 amide bonds. The molecule has 0 saturated carbocycles. The monoisotopic (exact) mass is 1110 g/mol. The lowest BCUT2D eigenvalue weighted by atomic mass is 9.85. The van der Waals surface area contributed by atoms with E-state index in [1.54, 1.807) is 62.0 Å². The number of rotatable bonds is 19. The van der Waals surface area contributed by atoms with Gasteiger partial charge in [-0.1, -0.05) is 107 Å². The Morgan fingerprint density at radius 1 is 0.662 bits per heavy atom. The van der Waals surface area contributed by atoms with Gasteiger partial charge in [0.05, 0.1) is 45.0 Å². The minimum Gasteiger partial charge on any atom is -0.372 e. The number of ether oxygens (including phenoxy) is 1. The first kappa shape index (κ1) is 59.4. The van der Waals surface area contributed by atoms with Crippen LogP contribution in [0.5, 0.6) is 0 Å². The zero-order valence-corrected chi connectivity index (χ0v) is 49.1. The predicted octanol–water partition coefficient (Wildman–Crippen LogP) is 6.05. The van der Waals surface area contributed by atoms with Crippen molar-refractivity contribution in [2.45, 2.75) is 166 Å². The fourth-order valence-corrected chi connectivity index (χ4v) is 14.5. The number of aryl methyl sites for hydroxylation is 2. The van der Waals surface area contributed by atoms with Gasteiger partial charge in [-0.05, 0) is 136 Å². The third-order valence-corrected chi connectivity index (χ3v) is 19.2. The lowest BCUT2D eigenvalue weighted by molar-refractivity contribution is -0.144. The highest BCUT2D eigenvalue weighted by Gasteiger charge is 2.48. The molecule has 2 fully saturated rings. The molecule has 7 N–H and O–H groups in total. The van der Waals surface area contributed by atoms with Gasteiger partial charge in [-0.3, -0.25) is 33.6 Å². The number of likely N-dealkylation sites (N-methyl/N-ethyl adjacent to an activating group) is 2. The summed E-state index contributed by atoms with van der Waals surface area (Å²) in [5, 5.41) is 21.4. The van der Waals surface area contributed by atoms with E-state index in [2.05, 4.69) is 74.6 Å². The zero-order chi connectivity index (χ0) is 57.5. The SMILES string of the molecule is CNC(C)C(=O)NC(Cc1ccc(NC(=O)c2ccc(COC3CC(C(=O)NC4CCCc5ccccc54)N(C(=O)C(NC(=O)C(C)NC)C(C)(C)C)C3)cc2)cc1)C(=O)N1C[Si](C)(C)CC1C(=O)NC1CCCc2ccccc21. The number of amides is 7. The molecule has 9 unspecified atom stereocenters. The van der Waals surface area contributed by atoms with Crippen molar-refractivity contribution >= 4 is 55.1 Å². The van der Waals surface area contributed by atoms with Gasteiger partial charge < -0.3 is 51.8 Å². The smallest absolute Gasteiger partial charge is 0.255 e. The van der Waals surface area contributed by atoms with Crippen molar-refractivity contribution in [3.05, 3.63) is 136 Å². The highest BCUT2D eigenvalue weighted by molar-refractivity contribution is 6.79. The molecule has 428 valence electrons. The molecule has 0 bridgehead atoms. The second-order valence-corrected chi connectivity index (χ2v) is 29.3. The summed E-state index contributed by atoms with van der Waals surface area (Å²) in [6, 6.07) is 26.4. The van der Waals surface area contributed by atoms with E-state index in [-0.39, 0.29) is 79.4 Å². The molecule has 18 heteroatoms. The van der Waals surface area contributed by atoms with Crippen LogP contribution < -0.4 is 37.2 Å². The summed E-state index contributed by atoms with van der Waals surface area (Å²) in [6.07, 6.45) is 5.88. The van der Waals surface area contributed by atoms with Gasteiger partial charge in [0.1, 0.15) is 24.2 Å². The molecule has 0 aromatic heterocycles. The van der Waals surface area contributed by atoms with Crippen LogP contribution in [0.1, 0.15) is 123 Å². The lowest BCUT2D eigenvalue weighted by Crippen LogP contribution is -2.59. The van der Waals surface area contributed by atoms with E-state index in [0.29, 0.717) is 23.5 Å². The van der Waals surface area contributed by atoms with Gasteiger partial charge in [0.15, 0.2) is 0 Å². The maximum atomic E-state index is 14.7. The van der Waals surface area contributed by atoms with Gasteiger partial charge in [0.2, 0.25) is 35.4 Å². The van der Waals surface area contributed by atoms with Crippen LogP contribution in [0.25, 0.3) is 0 Å². The normalized spacial score (nSPS) is 21.9. The molecule has 0 spiro atoms. The molecule has 2 heterocycles. The van der Waals surface area contributed by atoms with Crippen molar-refractivity contribution in [2.24, 2.45) is 5.41 Å². The van der Waals surface area contributed by atoms with Crippen LogP contribution in [-0.2, 0) is 59.4 Å². The first-order valence-electron chi connectivity index (χ1n) is 28.6. The molecule has 4 aliphatic rings. The maximum Gasteiger partial charge on any atom is 0.255 e. The number of carbonyl (C=O) groups excluding carboxylic acids is 7. The molecule has 4 aromatic carbocycles. The minimum absolute atomic E-state index is 0.124. The number of hydrogen-bond donors (Lipinski definition) is 7. The summed E-state index contributed by atoms with van der Waals surface area (Å²) in [5.74, 6) is -2.05. The number of nitrogens with one attached hydrogen (secondary N) is 7. The number of benzene rings is 4. The quantitative estimate of drug-likeness (QED) is 0.0540. The van der Waals surface area contributed by atoms with Crippen molar-refractivity contribution in [1.29, 1.82) is 0 Å². The molecular weight excluding hydrogens is 1030 g/mol. The Labute approximate surface area is 472 Å². The van der Waals surface area contributed by atoms with Crippen LogP contribution in [-0.4, -0.2) is 128 Å². The average Bonchev–Trinajstić information content (AvgIpc) is 4.04. The van der Waals surface area contributed by atoms with Crippen molar-refractivity contribution in [3.63, 3.8) is 0 Å². The largest absolute Gasteiger partial charge is 0.372 e. The maximum absolute atomic E-state index is 14.7. The average molecular weight is 1110 g/mol. The summed E-state index contributed by atoms with van der Waals surface area (Å²) in [6.45, 7) is 13.8. The van der Waals surface area contributed by atoms with Crippen LogP contribution >= 0.6 is 0 Å². The van der Waals surface area contributed by atoms with Crippen molar-refractivity contribution in [1.82, 2.24) is 41.7 Å². The van der Waals surface area contributed by atoms with Crippen LogP contribution in [0, 0.1) is 5.41 Å².